The molecule has 3 heteroatoms. The van der Waals surface area contributed by atoms with Crippen LogP contribution in [0.25, 0.3) is 0 Å². The number of hydrogen-bond donors (Lipinski definition) is 0. The van der Waals surface area contributed by atoms with Crippen molar-refractivity contribution in [3.63, 3.8) is 0 Å². The summed E-state index contributed by atoms with van der Waals surface area (Å²) in [7, 11) is 0. The van der Waals surface area contributed by atoms with Gasteiger partial charge in [0.2, 0.25) is 5.91 Å². The smallest absolute Gasteiger partial charge is 0.227 e. The number of amides is 1. The molecule has 1 amide bonds. The van der Waals surface area contributed by atoms with Gasteiger partial charge in [-0.15, -0.1) is 0 Å². The largest absolute Gasteiger partial charge is 0.457 e. The molecule has 0 bridgehead atoms. The molecule has 114 valence electrons. The summed E-state index contributed by atoms with van der Waals surface area (Å²) in [5.74, 6) is 1.78. The Morgan fingerprint density at radius 3 is 2.50 bits per heavy atom. The quantitative estimate of drug-likeness (QED) is 0.805. The van der Waals surface area contributed by atoms with Gasteiger partial charge in [-0.3, -0.25) is 4.79 Å². The van der Waals surface area contributed by atoms with Crippen LogP contribution >= 0.6 is 0 Å². The van der Waals surface area contributed by atoms with Crippen LogP contribution in [0.3, 0.4) is 0 Å². The van der Waals surface area contributed by atoms with Crippen LogP contribution in [0.1, 0.15) is 25.3 Å². The Kier molecular flexibility index (Phi) is 4.42. The van der Waals surface area contributed by atoms with Gasteiger partial charge in [0.05, 0.1) is 6.42 Å². The molecule has 0 unspecified atom stereocenters. The number of para-hydroxylation sites is 1. The second-order valence-corrected chi connectivity index (χ2v) is 5.65. The van der Waals surface area contributed by atoms with Gasteiger partial charge < -0.3 is 9.64 Å². The summed E-state index contributed by atoms with van der Waals surface area (Å²) >= 11 is 0. The van der Waals surface area contributed by atoms with Gasteiger partial charge in [-0.2, -0.15) is 0 Å². The summed E-state index contributed by atoms with van der Waals surface area (Å²) in [6, 6.07) is 17.9. The number of carbonyl (C=O) groups excluding carboxylic acids is 1. The van der Waals surface area contributed by atoms with Crippen LogP contribution in [0.4, 0.5) is 0 Å². The van der Waals surface area contributed by atoms with Crippen molar-refractivity contribution >= 4 is 5.91 Å². The fourth-order valence-electron chi connectivity index (χ4n) is 2.64. The van der Waals surface area contributed by atoms with E-state index in [1.165, 1.54) is 0 Å². The highest BCUT2D eigenvalue weighted by atomic mass is 16.5. The molecule has 0 N–H and O–H groups in total. The third kappa shape index (κ3) is 3.67. The first-order chi connectivity index (χ1) is 10.8. The molecular weight excluding hydrogens is 274 g/mol. The van der Waals surface area contributed by atoms with Gasteiger partial charge >= 0.3 is 0 Å². The predicted molar refractivity (Wildman–Crippen MR) is 87.1 cm³/mol. The molecule has 3 rings (SSSR count). The summed E-state index contributed by atoms with van der Waals surface area (Å²) < 4.78 is 5.82. The van der Waals surface area contributed by atoms with Crippen LogP contribution in [-0.4, -0.2) is 23.4 Å². The van der Waals surface area contributed by atoms with Crippen molar-refractivity contribution in [1.82, 2.24) is 4.90 Å². The van der Waals surface area contributed by atoms with E-state index in [4.69, 9.17) is 4.74 Å². The van der Waals surface area contributed by atoms with Crippen LogP contribution in [0.15, 0.2) is 54.6 Å². The van der Waals surface area contributed by atoms with Crippen LogP contribution < -0.4 is 4.74 Å². The minimum Gasteiger partial charge on any atom is -0.457 e. The van der Waals surface area contributed by atoms with E-state index < -0.39 is 0 Å². The Balaban J connectivity index is 1.67. The highest BCUT2D eigenvalue weighted by Crippen LogP contribution is 2.27. The molecule has 0 heterocycles. The molecule has 0 spiro atoms. The minimum atomic E-state index is 0.210. The van der Waals surface area contributed by atoms with E-state index in [1.807, 2.05) is 66.4 Å². The lowest BCUT2D eigenvalue weighted by atomic mass is 10.1. The lowest BCUT2D eigenvalue weighted by Crippen LogP contribution is -2.34. The molecular formula is C19H21NO2. The number of ether oxygens (including phenoxy) is 1. The van der Waals surface area contributed by atoms with Crippen LogP contribution in [0.2, 0.25) is 0 Å². The van der Waals surface area contributed by atoms with Crippen molar-refractivity contribution in [2.75, 3.05) is 6.54 Å². The number of nitrogens with zero attached hydrogens (tertiary/aromatic N) is 1. The summed E-state index contributed by atoms with van der Waals surface area (Å²) in [5.41, 5.74) is 0.998. The molecule has 0 radical (unpaired) electrons. The van der Waals surface area contributed by atoms with E-state index in [1.54, 1.807) is 0 Å². The Hall–Kier alpha value is -2.29. The van der Waals surface area contributed by atoms with E-state index in [2.05, 4.69) is 0 Å². The highest BCUT2D eigenvalue weighted by Gasteiger charge is 2.31. The van der Waals surface area contributed by atoms with Crippen LogP contribution in [0.5, 0.6) is 11.5 Å². The maximum Gasteiger partial charge on any atom is 0.227 e. The second-order valence-electron chi connectivity index (χ2n) is 5.65. The molecule has 0 aromatic heterocycles. The summed E-state index contributed by atoms with van der Waals surface area (Å²) in [4.78, 5) is 14.4. The standard InChI is InChI=1S/C19H21NO2/c1-2-20(16-11-12-16)19(21)14-15-7-6-10-18(13-15)22-17-8-4-3-5-9-17/h3-10,13,16H,2,11-12,14H2,1H3. The Labute approximate surface area is 131 Å². The topological polar surface area (TPSA) is 29.5 Å². The van der Waals surface area contributed by atoms with Crippen LogP contribution in [0, 0.1) is 0 Å². The van der Waals surface area contributed by atoms with Gasteiger partial charge in [0, 0.05) is 12.6 Å². The molecule has 0 aliphatic heterocycles. The molecule has 1 aliphatic rings. The van der Waals surface area contributed by atoms with Gasteiger partial charge in [0.15, 0.2) is 0 Å². The number of likely N-dealkylation sites (N-methyl/N-ethyl adjacent to an activating group) is 1. The first kappa shape index (κ1) is 14.6. The summed E-state index contributed by atoms with van der Waals surface area (Å²) in [6.45, 7) is 2.84. The van der Waals surface area contributed by atoms with E-state index >= 15 is 0 Å². The van der Waals surface area contributed by atoms with Gasteiger partial charge in [0.1, 0.15) is 11.5 Å². The van der Waals surface area contributed by atoms with E-state index in [0.717, 1.165) is 36.4 Å². The lowest BCUT2D eigenvalue weighted by molar-refractivity contribution is -0.130. The molecule has 1 saturated carbocycles. The average molecular weight is 295 g/mol. The number of rotatable bonds is 6. The molecule has 1 fully saturated rings. The first-order valence-corrected chi connectivity index (χ1v) is 7.87. The highest BCUT2D eigenvalue weighted by molar-refractivity contribution is 5.79. The Morgan fingerprint density at radius 1 is 1.09 bits per heavy atom. The Bertz CT molecular complexity index is 635. The third-order valence-electron chi connectivity index (χ3n) is 3.88. The normalized spacial score (nSPS) is 13.7. The molecule has 0 saturated heterocycles. The van der Waals surface area contributed by atoms with Crippen molar-refractivity contribution in [3.05, 3.63) is 60.2 Å². The zero-order chi connectivity index (χ0) is 15.4. The lowest BCUT2D eigenvalue weighted by Gasteiger charge is -2.20. The molecule has 2 aromatic rings. The summed E-state index contributed by atoms with van der Waals surface area (Å²) in [6.07, 6.45) is 2.74. The maximum atomic E-state index is 12.4. The number of benzene rings is 2. The Morgan fingerprint density at radius 2 is 1.82 bits per heavy atom. The van der Waals surface area contributed by atoms with Crippen molar-refractivity contribution in [3.8, 4) is 11.5 Å². The zero-order valence-corrected chi connectivity index (χ0v) is 12.9. The zero-order valence-electron chi connectivity index (χ0n) is 12.9. The second kappa shape index (κ2) is 6.65. The minimum absolute atomic E-state index is 0.210. The van der Waals surface area contributed by atoms with Gasteiger partial charge in [-0.25, -0.2) is 0 Å². The fraction of sp³-hybridized carbons (Fsp3) is 0.316. The SMILES string of the molecule is CCN(C(=O)Cc1cccc(Oc2ccccc2)c1)C1CC1. The van der Waals surface area contributed by atoms with E-state index in [9.17, 15) is 4.79 Å². The monoisotopic (exact) mass is 295 g/mol. The third-order valence-corrected chi connectivity index (χ3v) is 3.88. The maximum absolute atomic E-state index is 12.4. The van der Waals surface area contributed by atoms with Gasteiger partial charge in [-0.1, -0.05) is 30.3 Å². The fourth-order valence-corrected chi connectivity index (χ4v) is 2.64. The van der Waals surface area contributed by atoms with Crippen molar-refractivity contribution < 1.29 is 9.53 Å². The molecule has 2 aromatic carbocycles. The van der Waals surface area contributed by atoms with Crippen molar-refractivity contribution in [1.29, 1.82) is 0 Å². The van der Waals surface area contributed by atoms with Gasteiger partial charge in [0.25, 0.3) is 0 Å². The molecule has 3 nitrogen and oxygen atoms in total. The number of hydrogen-bond acceptors (Lipinski definition) is 2. The average Bonchev–Trinajstić information content (AvgIpc) is 3.34. The van der Waals surface area contributed by atoms with Gasteiger partial charge in [-0.05, 0) is 49.6 Å². The van der Waals surface area contributed by atoms with Crippen LogP contribution in [-0.2, 0) is 11.2 Å². The first-order valence-electron chi connectivity index (χ1n) is 7.87. The number of carbonyl (C=O) groups is 1. The molecule has 0 atom stereocenters. The van der Waals surface area contributed by atoms with E-state index in [0.29, 0.717) is 12.5 Å². The summed E-state index contributed by atoms with van der Waals surface area (Å²) in [5, 5.41) is 0. The van der Waals surface area contributed by atoms with Crippen molar-refractivity contribution in [2.45, 2.75) is 32.2 Å². The van der Waals surface area contributed by atoms with Crippen molar-refractivity contribution in [2.24, 2.45) is 0 Å². The predicted octanol–water partition coefficient (Wildman–Crippen LogP) is 4.03. The van der Waals surface area contributed by atoms with E-state index in [-0.39, 0.29) is 5.91 Å². The molecule has 22 heavy (non-hydrogen) atoms. The molecule has 1 aliphatic carbocycles.